The number of thiazole rings is 1. The zero-order valence-corrected chi connectivity index (χ0v) is 18.0. The second kappa shape index (κ2) is 9.57. The Bertz CT molecular complexity index is 734. The number of nitrogens with zero attached hydrogens (tertiary/aromatic N) is 3. The summed E-state index contributed by atoms with van der Waals surface area (Å²) in [5.74, 6) is 1.77. The van der Waals surface area contributed by atoms with Gasteiger partial charge in [0.25, 0.3) is 0 Å². The summed E-state index contributed by atoms with van der Waals surface area (Å²) in [5, 5.41) is 0.724. The van der Waals surface area contributed by atoms with E-state index in [4.69, 9.17) is 14.5 Å². The zero-order chi connectivity index (χ0) is 18.7. The van der Waals surface area contributed by atoms with Crippen LogP contribution in [0.15, 0.2) is 12.1 Å². The molecule has 1 amide bonds. The third kappa shape index (κ3) is 4.65. The summed E-state index contributed by atoms with van der Waals surface area (Å²) in [5.41, 5.74) is 0.751. The fraction of sp³-hybridized carbons (Fsp3) is 0.579. The lowest BCUT2D eigenvalue weighted by atomic mass is 10.1. The Kier molecular flexibility index (Phi) is 7.70. The Morgan fingerprint density at radius 1 is 1.15 bits per heavy atom. The molecule has 0 aliphatic heterocycles. The number of benzene rings is 1. The van der Waals surface area contributed by atoms with Crippen molar-refractivity contribution in [2.24, 2.45) is 5.92 Å². The number of halogens is 1. The third-order valence-electron chi connectivity index (χ3n) is 4.87. The summed E-state index contributed by atoms with van der Waals surface area (Å²) in [4.78, 5) is 21.9. The van der Waals surface area contributed by atoms with Crippen molar-refractivity contribution in [1.29, 1.82) is 0 Å². The highest BCUT2D eigenvalue weighted by Gasteiger charge is 2.30. The molecule has 1 fully saturated rings. The van der Waals surface area contributed by atoms with E-state index in [1.54, 1.807) is 14.2 Å². The predicted molar refractivity (Wildman–Crippen MR) is 113 cm³/mol. The molecule has 0 radical (unpaired) electrons. The third-order valence-corrected chi connectivity index (χ3v) is 5.96. The van der Waals surface area contributed by atoms with Gasteiger partial charge in [-0.1, -0.05) is 24.2 Å². The van der Waals surface area contributed by atoms with Crippen molar-refractivity contribution in [1.82, 2.24) is 9.88 Å². The van der Waals surface area contributed by atoms with Gasteiger partial charge in [0.2, 0.25) is 5.91 Å². The van der Waals surface area contributed by atoms with E-state index in [1.807, 2.05) is 31.1 Å². The van der Waals surface area contributed by atoms with Crippen LogP contribution < -0.4 is 14.4 Å². The quantitative estimate of drug-likeness (QED) is 0.690. The second-order valence-corrected chi connectivity index (χ2v) is 7.90. The number of aromatic nitrogens is 1. The van der Waals surface area contributed by atoms with Crippen LogP contribution in [-0.4, -0.2) is 57.2 Å². The average Bonchev–Trinajstić information content (AvgIpc) is 3.30. The maximum Gasteiger partial charge on any atom is 0.231 e. The van der Waals surface area contributed by atoms with Crippen molar-refractivity contribution in [3.8, 4) is 11.5 Å². The van der Waals surface area contributed by atoms with Gasteiger partial charge in [-0.3, -0.25) is 9.69 Å². The molecule has 150 valence electrons. The summed E-state index contributed by atoms with van der Waals surface area (Å²) in [6.07, 6.45) is 4.24. The lowest BCUT2D eigenvalue weighted by Crippen LogP contribution is -2.39. The number of carbonyl (C=O) groups is 1. The first-order valence-electron chi connectivity index (χ1n) is 9.02. The van der Waals surface area contributed by atoms with Crippen LogP contribution in [-0.2, 0) is 4.79 Å². The van der Waals surface area contributed by atoms with E-state index >= 15 is 0 Å². The van der Waals surface area contributed by atoms with E-state index in [1.165, 1.54) is 11.3 Å². The predicted octanol–water partition coefficient (Wildman–Crippen LogP) is 3.82. The molecule has 0 atom stereocenters. The van der Waals surface area contributed by atoms with Gasteiger partial charge < -0.3 is 14.4 Å². The van der Waals surface area contributed by atoms with Gasteiger partial charge in [0, 0.05) is 19.0 Å². The van der Waals surface area contributed by atoms with Crippen LogP contribution in [0.3, 0.4) is 0 Å². The van der Waals surface area contributed by atoms with Crippen LogP contribution in [0.2, 0.25) is 0 Å². The lowest BCUT2D eigenvalue weighted by molar-refractivity contribution is -0.122. The lowest BCUT2D eigenvalue weighted by Gasteiger charge is -2.24. The zero-order valence-electron chi connectivity index (χ0n) is 16.4. The summed E-state index contributed by atoms with van der Waals surface area (Å²) >= 11 is 1.50. The molecule has 1 aliphatic rings. The minimum atomic E-state index is 0. The standard InChI is InChI=1S/C19H27N3O3S.ClH/c1-21(2)11-12-22(18(23)13-7-5-6-8-13)19-20-16-14(24-3)9-10-15(25-4)17(16)26-19;/h9-10,13H,5-8,11-12H2,1-4H3;1H. The van der Waals surface area contributed by atoms with Crippen LogP contribution in [0.1, 0.15) is 25.7 Å². The molecular weight excluding hydrogens is 386 g/mol. The number of amides is 1. The fourth-order valence-corrected chi connectivity index (χ4v) is 4.49. The maximum atomic E-state index is 13.2. The molecule has 1 heterocycles. The van der Waals surface area contributed by atoms with Crippen LogP contribution >= 0.6 is 23.7 Å². The average molecular weight is 414 g/mol. The first-order valence-corrected chi connectivity index (χ1v) is 9.84. The highest BCUT2D eigenvalue weighted by Crippen LogP contribution is 2.41. The minimum absolute atomic E-state index is 0. The summed E-state index contributed by atoms with van der Waals surface area (Å²) < 4.78 is 11.9. The van der Waals surface area contributed by atoms with E-state index in [0.29, 0.717) is 12.3 Å². The number of methoxy groups -OCH3 is 2. The van der Waals surface area contributed by atoms with Crippen molar-refractivity contribution in [2.45, 2.75) is 25.7 Å². The molecule has 0 bridgehead atoms. The monoisotopic (exact) mass is 413 g/mol. The van der Waals surface area contributed by atoms with Gasteiger partial charge in [0.1, 0.15) is 21.7 Å². The van der Waals surface area contributed by atoms with E-state index in [0.717, 1.165) is 53.3 Å². The molecule has 8 heteroatoms. The smallest absolute Gasteiger partial charge is 0.231 e. The van der Waals surface area contributed by atoms with Gasteiger partial charge in [0.15, 0.2) is 5.13 Å². The van der Waals surface area contributed by atoms with Gasteiger partial charge in [-0.2, -0.15) is 0 Å². The van der Waals surface area contributed by atoms with Crippen molar-refractivity contribution in [3.63, 3.8) is 0 Å². The number of carbonyl (C=O) groups excluding carboxylic acids is 1. The van der Waals surface area contributed by atoms with Gasteiger partial charge in [0.05, 0.1) is 14.2 Å². The molecule has 1 aliphatic carbocycles. The molecule has 0 unspecified atom stereocenters. The highest BCUT2D eigenvalue weighted by molar-refractivity contribution is 7.22. The number of fused-ring (bicyclic) bond motifs is 1. The van der Waals surface area contributed by atoms with Crippen molar-refractivity contribution >= 4 is 45.0 Å². The van der Waals surface area contributed by atoms with Crippen LogP contribution in [0.4, 0.5) is 5.13 Å². The van der Waals surface area contributed by atoms with Gasteiger partial charge in [-0.05, 0) is 39.1 Å². The molecule has 0 N–H and O–H groups in total. The molecule has 27 heavy (non-hydrogen) atoms. The minimum Gasteiger partial charge on any atom is -0.495 e. The Labute approximate surface area is 170 Å². The molecule has 0 saturated heterocycles. The van der Waals surface area contributed by atoms with Crippen LogP contribution in [0.25, 0.3) is 10.2 Å². The highest BCUT2D eigenvalue weighted by atomic mass is 35.5. The molecule has 1 aromatic carbocycles. The van der Waals surface area contributed by atoms with Gasteiger partial charge >= 0.3 is 0 Å². The summed E-state index contributed by atoms with van der Waals surface area (Å²) in [6, 6.07) is 3.74. The number of ether oxygens (including phenoxy) is 2. The van der Waals surface area contributed by atoms with Crippen molar-refractivity contribution in [2.75, 3.05) is 46.3 Å². The molecule has 1 aromatic heterocycles. The van der Waals surface area contributed by atoms with Crippen LogP contribution in [0.5, 0.6) is 11.5 Å². The molecule has 0 spiro atoms. The summed E-state index contributed by atoms with van der Waals surface area (Å²) in [6.45, 7) is 1.43. The van der Waals surface area contributed by atoms with Gasteiger partial charge in [-0.25, -0.2) is 4.98 Å². The first-order chi connectivity index (χ1) is 12.5. The molecule has 6 nitrogen and oxygen atoms in total. The Morgan fingerprint density at radius 3 is 2.37 bits per heavy atom. The molecular formula is C19H28ClN3O3S. The number of anilines is 1. The Morgan fingerprint density at radius 2 is 1.78 bits per heavy atom. The number of rotatable bonds is 7. The summed E-state index contributed by atoms with van der Waals surface area (Å²) in [7, 11) is 7.31. The number of hydrogen-bond acceptors (Lipinski definition) is 6. The van der Waals surface area contributed by atoms with E-state index in [-0.39, 0.29) is 24.2 Å². The van der Waals surface area contributed by atoms with E-state index in [9.17, 15) is 4.79 Å². The number of hydrogen-bond donors (Lipinski definition) is 0. The van der Waals surface area contributed by atoms with Crippen LogP contribution in [0, 0.1) is 5.92 Å². The Hall–Kier alpha value is -1.57. The molecule has 3 rings (SSSR count). The van der Waals surface area contributed by atoms with Crippen molar-refractivity contribution < 1.29 is 14.3 Å². The Balaban J connectivity index is 0.00000261. The van der Waals surface area contributed by atoms with Gasteiger partial charge in [-0.15, -0.1) is 12.4 Å². The molecule has 1 saturated carbocycles. The fourth-order valence-electron chi connectivity index (χ4n) is 3.38. The maximum absolute atomic E-state index is 13.2. The SMILES string of the molecule is COc1ccc(OC)c2sc(N(CCN(C)C)C(=O)C3CCCC3)nc12.Cl. The first kappa shape index (κ1) is 21.7. The second-order valence-electron chi connectivity index (χ2n) is 6.92. The van der Waals surface area contributed by atoms with Crippen molar-refractivity contribution in [3.05, 3.63) is 12.1 Å². The molecule has 2 aromatic rings. The van der Waals surface area contributed by atoms with E-state index < -0.39 is 0 Å². The number of likely N-dealkylation sites (N-methyl/N-ethyl adjacent to an activating group) is 1. The largest absolute Gasteiger partial charge is 0.495 e. The topological polar surface area (TPSA) is 54.9 Å². The normalized spacial score (nSPS) is 14.4. The van der Waals surface area contributed by atoms with E-state index in [2.05, 4.69) is 4.90 Å².